The number of anilines is 1. The van der Waals surface area contributed by atoms with Gasteiger partial charge in [0.2, 0.25) is 0 Å². The summed E-state index contributed by atoms with van der Waals surface area (Å²) in [4.78, 5) is 16.5. The van der Waals surface area contributed by atoms with E-state index in [4.69, 9.17) is 15.2 Å². The van der Waals surface area contributed by atoms with Crippen molar-refractivity contribution in [3.63, 3.8) is 0 Å². The molecule has 0 aliphatic rings. The molecule has 1 aromatic heterocycles. The molecule has 0 radical (unpaired) electrons. The molecule has 0 unspecified atom stereocenters. The number of pyridine rings is 1. The van der Waals surface area contributed by atoms with Crippen LogP contribution in [0, 0.1) is 11.8 Å². The Morgan fingerprint density at radius 3 is 2.85 bits per heavy atom. The van der Waals surface area contributed by atoms with Crippen LogP contribution in [0.25, 0.3) is 0 Å². The second-order valence-corrected chi connectivity index (χ2v) is 5.80. The first-order valence-electron chi connectivity index (χ1n) is 8.84. The summed E-state index contributed by atoms with van der Waals surface area (Å²) in [6.45, 7) is 3.27. The van der Waals surface area contributed by atoms with Crippen LogP contribution in [0.1, 0.15) is 41.4 Å². The lowest BCUT2D eigenvalue weighted by atomic mass is 10.2. The first-order valence-corrected chi connectivity index (χ1v) is 8.84. The van der Waals surface area contributed by atoms with Gasteiger partial charge in [-0.05, 0) is 29.8 Å². The number of methoxy groups -OCH3 is 1. The third-order valence-electron chi connectivity index (χ3n) is 3.67. The van der Waals surface area contributed by atoms with Gasteiger partial charge in [0.15, 0.2) is 0 Å². The van der Waals surface area contributed by atoms with Crippen molar-refractivity contribution in [1.29, 1.82) is 0 Å². The van der Waals surface area contributed by atoms with E-state index < -0.39 is 0 Å². The molecule has 0 fully saturated rings. The maximum Gasteiger partial charge on any atom is 0.255 e. The van der Waals surface area contributed by atoms with E-state index in [0.29, 0.717) is 37.4 Å². The number of carbonyl (C=O) groups excluding carboxylic acids is 1. The van der Waals surface area contributed by atoms with E-state index in [0.717, 1.165) is 17.7 Å². The lowest BCUT2D eigenvalue weighted by Crippen LogP contribution is -2.24. The van der Waals surface area contributed by atoms with Gasteiger partial charge in [0.05, 0.1) is 24.5 Å². The van der Waals surface area contributed by atoms with Crippen molar-refractivity contribution in [3.05, 3.63) is 53.2 Å². The Kier molecular flexibility index (Phi) is 8.14. The standard InChI is InChI=1S/C21H25N3O3/c1-3-4-5-6-12-27-18-9-7-8-16(13-18)14-23-21(25)19-11-10-17(15-26-2)24-20(19)22/h7-11,13H,3,6,12,14-15H2,1-2H3,(H2,22,24)(H,23,25). The van der Waals surface area contributed by atoms with Gasteiger partial charge in [-0.2, -0.15) is 0 Å². The molecule has 0 saturated heterocycles. The molecular formula is C21H25N3O3. The van der Waals surface area contributed by atoms with Crippen LogP contribution in [0.3, 0.4) is 0 Å². The fraction of sp³-hybridized carbons (Fsp3) is 0.333. The molecule has 3 N–H and O–H groups in total. The number of nitrogens with zero attached hydrogens (tertiary/aromatic N) is 1. The number of aromatic nitrogens is 1. The predicted molar refractivity (Wildman–Crippen MR) is 105 cm³/mol. The summed E-state index contributed by atoms with van der Waals surface area (Å²) < 4.78 is 10.7. The van der Waals surface area contributed by atoms with Gasteiger partial charge in [-0.3, -0.25) is 4.79 Å². The Morgan fingerprint density at radius 1 is 1.26 bits per heavy atom. The second kappa shape index (κ2) is 10.8. The molecule has 142 valence electrons. The lowest BCUT2D eigenvalue weighted by Gasteiger charge is -2.10. The molecule has 0 bridgehead atoms. The first-order chi connectivity index (χ1) is 13.1. The van der Waals surface area contributed by atoms with Gasteiger partial charge in [-0.1, -0.05) is 25.0 Å². The van der Waals surface area contributed by atoms with E-state index >= 15 is 0 Å². The normalized spacial score (nSPS) is 10.0. The van der Waals surface area contributed by atoms with Crippen LogP contribution in [0.15, 0.2) is 36.4 Å². The van der Waals surface area contributed by atoms with Gasteiger partial charge in [-0.25, -0.2) is 4.98 Å². The number of rotatable bonds is 8. The minimum absolute atomic E-state index is 0.187. The average molecular weight is 367 g/mol. The molecule has 0 aliphatic heterocycles. The third kappa shape index (κ3) is 6.65. The number of hydrogen-bond donors (Lipinski definition) is 2. The third-order valence-corrected chi connectivity index (χ3v) is 3.67. The van der Waals surface area contributed by atoms with Crippen molar-refractivity contribution in [2.75, 3.05) is 19.5 Å². The Bertz CT molecular complexity index is 825. The maximum absolute atomic E-state index is 12.4. The van der Waals surface area contributed by atoms with Gasteiger partial charge in [0.1, 0.15) is 11.6 Å². The molecule has 2 aromatic rings. The average Bonchev–Trinajstić information content (AvgIpc) is 2.67. The highest BCUT2D eigenvalue weighted by Crippen LogP contribution is 2.15. The molecular weight excluding hydrogens is 342 g/mol. The molecule has 1 aromatic carbocycles. The van der Waals surface area contributed by atoms with Crippen LogP contribution >= 0.6 is 0 Å². The number of nitrogen functional groups attached to an aromatic ring is 1. The fourth-order valence-corrected chi connectivity index (χ4v) is 2.39. The smallest absolute Gasteiger partial charge is 0.255 e. The topological polar surface area (TPSA) is 86.5 Å². The molecule has 0 spiro atoms. The van der Waals surface area contributed by atoms with Gasteiger partial charge < -0.3 is 20.5 Å². The van der Waals surface area contributed by atoms with Crippen LogP contribution < -0.4 is 15.8 Å². The number of hydrogen-bond acceptors (Lipinski definition) is 5. The number of amides is 1. The van der Waals surface area contributed by atoms with Gasteiger partial charge in [0.25, 0.3) is 5.91 Å². The van der Waals surface area contributed by atoms with E-state index in [1.54, 1.807) is 19.2 Å². The summed E-state index contributed by atoms with van der Waals surface area (Å²) in [6.07, 6.45) is 1.55. The van der Waals surface area contributed by atoms with Gasteiger partial charge in [0, 0.05) is 26.5 Å². The van der Waals surface area contributed by atoms with Crippen LogP contribution in [-0.4, -0.2) is 24.6 Å². The first kappa shape index (κ1) is 20.3. The molecule has 0 saturated carbocycles. The molecule has 0 atom stereocenters. The zero-order chi connectivity index (χ0) is 19.5. The Labute approximate surface area is 160 Å². The number of benzene rings is 1. The second-order valence-electron chi connectivity index (χ2n) is 5.80. The Hall–Kier alpha value is -3.04. The molecule has 2 rings (SSSR count). The van der Waals surface area contributed by atoms with E-state index in [2.05, 4.69) is 22.1 Å². The number of nitrogens with two attached hydrogens (primary N) is 1. The van der Waals surface area contributed by atoms with Crippen molar-refractivity contribution >= 4 is 11.7 Å². The van der Waals surface area contributed by atoms with Crippen molar-refractivity contribution < 1.29 is 14.3 Å². The summed E-state index contributed by atoms with van der Waals surface area (Å²) >= 11 is 0. The number of nitrogens with one attached hydrogen (secondary N) is 1. The molecule has 6 heteroatoms. The minimum atomic E-state index is -0.273. The Morgan fingerprint density at radius 2 is 2.11 bits per heavy atom. The van der Waals surface area contributed by atoms with Crippen molar-refractivity contribution in [3.8, 4) is 17.6 Å². The Balaban J connectivity index is 1.90. The van der Waals surface area contributed by atoms with Crippen LogP contribution in [0.2, 0.25) is 0 Å². The highest BCUT2D eigenvalue weighted by Gasteiger charge is 2.11. The summed E-state index contributed by atoms with van der Waals surface area (Å²) in [6, 6.07) is 11.0. The zero-order valence-electron chi connectivity index (χ0n) is 15.7. The quantitative estimate of drug-likeness (QED) is 0.553. The number of ether oxygens (including phenoxy) is 2. The monoisotopic (exact) mass is 367 g/mol. The minimum Gasteiger partial charge on any atom is -0.493 e. The molecule has 0 aliphatic carbocycles. The zero-order valence-corrected chi connectivity index (χ0v) is 15.7. The van der Waals surface area contributed by atoms with E-state index in [9.17, 15) is 4.79 Å². The number of carbonyl (C=O) groups is 1. The van der Waals surface area contributed by atoms with Crippen molar-refractivity contribution in [2.24, 2.45) is 0 Å². The lowest BCUT2D eigenvalue weighted by molar-refractivity contribution is 0.0951. The SMILES string of the molecule is CCC#CCCOc1cccc(CNC(=O)c2ccc(COC)nc2N)c1. The highest BCUT2D eigenvalue weighted by atomic mass is 16.5. The largest absolute Gasteiger partial charge is 0.493 e. The summed E-state index contributed by atoms with van der Waals surface area (Å²) in [5.41, 5.74) is 7.83. The van der Waals surface area contributed by atoms with E-state index in [1.165, 1.54) is 0 Å². The van der Waals surface area contributed by atoms with Crippen LogP contribution in [0.5, 0.6) is 5.75 Å². The van der Waals surface area contributed by atoms with Crippen molar-refractivity contribution in [2.45, 2.75) is 32.9 Å². The molecule has 1 heterocycles. The molecule has 1 amide bonds. The highest BCUT2D eigenvalue weighted by molar-refractivity contribution is 5.98. The summed E-state index contributed by atoms with van der Waals surface area (Å²) in [5.74, 6) is 6.72. The maximum atomic E-state index is 12.4. The van der Waals surface area contributed by atoms with Crippen LogP contribution in [0.4, 0.5) is 5.82 Å². The molecule has 6 nitrogen and oxygen atoms in total. The predicted octanol–water partition coefficient (Wildman–Crippen LogP) is 2.92. The van der Waals surface area contributed by atoms with Crippen molar-refractivity contribution in [1.82, 2.24) is 10.3 Å². The van der Waals surface area contributed by atoms with E-state index in [-0.39, 0.29) is 11.7 Å². The van der Waals surface area contributed by atoms with E-state index in [1.807, 2.05) is 31.2 Å². The van der Waals surface area contributed by atoms with Gasteiger partial charge >= 0.3 is 0 Å². The summed E-state index contributed by atoms with van der Waals surface area (Å²) in [7, 11) is 1.58. The fourth-order valence-electron chi connectivity index (χ4n) is 2.39. The van der Waals surface area contributed by atoms with Crippen LogP contribution in [-0.2, 0) is 17.9 Å². The van der Waals surface area contributed by atoms with Gasteiger partial charge in [-0.15, -0.1) is 5.92 Å². The summed E-state index contributed by atoms with van der Waals surface area (Å²) in [5, 5.41) is 2.85. The molecule has 27 heavy (non-hydrogen) atoms.